The van der Waals surface area contributed by atoms with E-state index in [0.29, 0.717) is 17.7 Å². The molecule has 0 aromatic carbocycles. The summed E-state index contributed by atoms with van der Waals surface area (Å²) in [7, 11) is 1.95. The molecule has 0 aliphatic heterocycles. The van der Waals surface area contributed by atoms with E-state index < -0.39 is 0 Å². The largest absolute Gasteiger partial charge is 0.368 e. The summed E-state index contributed by atoms with van der Waals surface area (Å²) in [4.78, 5) is 14.2. The van der Waals surface area contributed by atoms with Crippen LogP contribution < -0.4 is 10.6 Å². The number of hydrogen-bond acceptors (Lipinski definition) is 5. The molecule has 0 unspecified atom stereocenters. The minimum Gasteiger partial charge on any atom is -0.368 e. The Morgan fingerprint density at radius 3 is 2.43 bits per heavy atom. The number of anilines is 2. The number of rotatable bonds is 3. The van der Waals surface area contributed by atoms with Gasteiger partial charge in [-0.25, -0.2) is 0 Å². The number of hydrogen-bond donors (Lipinski definition) is 1. The highest BCUT2D eigenvalue weighted by molar-refractivity contribution is 5.33. The quantitative estimate of drug-likeness (QED) is 0.774. The topological polar surface area (TPSA) is 67.9 Å². The van der Waals surface area contributed by atoms with Crippen molar-refractivity contribution in [3.05, 3.63) is 5.82 Å². The van der Waals surface area contributed by atoms with Crippen LogP contribution >= 0.6 is 0 Å². The molecule has 0 bridgehead atoms. The number of aryl methyl sites for hydroxylation is 1. The fourth-order valence-corrected chi connectivity index (χ4v) is 1.29. The summed E-state index contributed by atoms with van der Waals surface area (Å²) in [6.45, 7) is 7.01. The monoisotopic (exact) mass is 195 g/mol. The summed E-state index contributed by atoms with van der Waals surface area (Å²) in [5, 5.41) is 0. The third-order valence-electron chi connectivity index (χ3n) is 1.73. The second kappa shape index (κ2) is 4.21. The lowest BCUT2D eigenvalue weighted by Crippen LogP contribution is -2.25. The summed E-state index contributed by atoms with van der Waals surface area (Å²) in [5.41, 5.74) is 5.54. The Hall–Kier alpha value is -1.39. The van der Waals surface area contributed by atoms with Gasteiger partial charge in [0.15, 0.2) is 0 Å². The molecule has 0 amide bonds. The molecule has 5 heteroatoms. The molecule has 2 N–H and O–H groups in total. The van der Waals surface area contributed by atoms with E-state index in [1.54, 1.807) is 0 Å². The van der Waals surface area contributed by atoms with E-state index in [9.17, 15) is 0 Å². The van der Waals surface area contributed by atoms with Crippen LogP contribution in [0.15, 0.2) is 0 Å². The van der Waals surface area contributed by atoms with Crippen molar-refractivity contribution in [2.45, 2.75) is 20.8 Å². The fraction of sp³-hybridized carbons (Fsp3) is 0.667. The first-order chi connectivity index (χ1) is 6.49. The van der Waals surface area contributed by atoms with Gasteiger partial charge in [-0.05, 0) is 12.8 Å². The van der Waals surface area contributed by atoms with Crippen LogP contribution in [0.5, 0.6) is 0 Å². The van der Waals surface area contributed by atoms with E-state index in [0.717, 1.165) is 6.54 Å². The third kappa shape index (κ3) is 2.83. The maximum absolute atomic E-state index is 5.54. The predicted octanol–water partition coefficient (Wildman–Crippen LogP) is 0.854. The molecule has 0 fully saturated rings. The highest BCUT2D eigenvalue weighted by atomic mass is 15.3. The molecular weight excluding hydrogens is 178 g/mol. The van der Waals surface area contributed by atoms with Crippen molar-refractivity contribution in [3.8, 4) is 0 Å². The van der Waals surface area contributed by atoms with Crippen molar-refractivity contribution in [3.63, 3.8) is 0 Å². The first-order valence-corrected chi connectivity index (χ1v) is 4.68. The van der Waals surface area contributed by atoms with E-state index in [2.05, 4.69) is 28.8 Å². The Balaban J connectivity index is 2.84. The highest BCUT2D eigenvalue weighted by Crippen LogP contribution is 2.08. The van der Waals surface area contributed by atoms with Crippen molar-refractivity contribution in [1.29, 1.82) is 0 Å². The zero-order valence-electron chi connectivity index (χ0n) is 9.15. The molecule has 14 heavy (non-hydrogen) atoms. The Labute approximate surface area is 84.4 Å². The van der Waals surface area contributed by atoms with Gasteiger partial charge in [0.05, 0.1) is 0 Å². The molecule has 78 valence electrons. The molecule has 0 saturated carbocycles. The molecule has 0 spiro atoms. The Kier molecular flexibility index (Phi) is 3.22. The second-order valence-corrected chi connectivity index (χ2v) is 3.82. The molecule has 1 aromatic rings. The van der Waals surface area contributed by atoms with Gasteiger partial charge >= 0.3 is 0 Å². The molecule has 1 heterocycles. The Morgan fingerprint density at radius 1 is 1.29 bits per heavy atom. The molecule has 0 saturated heterocycles. The highest BCUT2D eigenvalue weighted by Gasteiger charge is 2.07. The Morgan fingerprint density at radius 2 is 1.93 bits per heavy atom. The fourth-order valence-electron chi connectivity index (χ4n) is 1.29. The van der Waals surface area contributed by atoms with Crippen LogP contribution in [0.1, 0.15) is 19.7 Å². The number of nitrogens with two attached hydrogens (primary N) is 1. The number of aromatic nitrogens is 3. The Bertz CT molecular complexity index is 290. The summed E-state index contributed by atoms with van der Waals surface area (Å²) in [6, 6.07) is 0. The zero-order valence-corrected chi connectivity index (χ0v) is 9.15. The summed E-state index contributed by atoms with van der Waals surface area (Å²) >= 11 is 0. The van der Waals surface area contributed by atoms with Crippen LogP contribution in [0.25, 0.3) is 0 Å². The van der Waals surface area contributed by atoms with E-state index in [-0.39, 0.29) is 5.95 Å². The average Bonchev–Trinajstić information content (AvgIpc) is 2.00. The molecule has 0 aliphatic rings. The standard InChI is InChI=1S/C9H17N5/c1-6(2)5-14(4)9-12-7(3)11-8(10)13-9/h6H,5H2,1-4H3,(H2,10,11,12,13). The van der Waals surface area contributed by atoms with Gasteiger partial charge in [0.1, 0.15) is 5.82 Å². The minimum atomic E-state index is 0.281. The van der Waals surface area contributed by atoms with Crippen LogP contribution in [0.4, 0.5) is 11.9 Å². The second-order valence-electron chi connectivity index (χ2n) is 3.82. The molecular formula is C9H17N5. The molecule has 0 aliphatic carbocycles. The van der Waals surface area contributed by atoms with Crippen molar-refractivity contribution in [2.75, 3.05) is 24.2 Å². The van der Waals surface area contributed by atoms with Crippen LogP contribution in [-0.2, 0) is 0 Å². The summed E-state index contributed by atoms with van der Waals surface area (Å²) < 4.78 is 0. The number of nitrogen functional groups attached to an aromatic ring is 1. The van der Waals surface area contributed by atoms with Crippen LogP contribution in [0.3, 0.4) is 0 Å². The SMILES string of the molecule is Cc1nc(N)nc(N(C)CC(C)C)n1. The van der Waals surface area contributed by atoms with Crippen molar-refractivity contribution < 1.29 is 0 Å². The molecule has 0 radical (unpaired) electrons. The van der Waals surface area contributed by atoms with Gasteiger partial charge in [-0.15, -0.1) is 0 Å². The van der Waals surface area contributed by atoms with Crippen molar-refractivity contribution in [2.24, 2.45) is 5.92 Å². The first kappa shape index (κ1) is 10.7. The number of nitrogens with zero attached hydrogens (tertiary/aromatic N) is 4. The van der Waals surface area contributed by atoms with E-state index in [1.165, 1.54) is 0 Å². The predicted molar refractivity (Wildman–Crippen MR) is 57.1 cm³/mol. The van der Waals surface area contributed by atoms with Gasteiger partial charge in [0.25, 0.3) is 0 Å². The zero-order chi connectivity index (χ0) is 10.7. The summed E-state index contributed by atoms with van der Waals surface area (Å²) in [5.74, 6) is 2.15. The van der Waals surface area contributed by atoms with Gasteiger partial charge < -0.3 is 10.6 Å². The molecule has 0 atom stereocenters. The lowest BCUT2D eigenvalue weighted by molar-refractivity contribution is 0.628. The smallest absolute Gasteiger partial charge is 0.230 e. The van der Waals surface area contributed by atoms with Crippen molar-refractivity contribution in [1.82, 2.24) is 15.0 Å². The van der Waals surface area contributed by atoms with E-state index in [4.69, 9.17) is 5.73 Å². The van der Waals surface area contributed by atoms with E-state index >= 15 is 0 Å². The van der Waals surface area contributed by atoms with Crippen LogP contribution in [-0.4, -0.2) is 28.5 Å². The average molecular weight is 195 g/mol. The minimum absolute atomic E-state index is 0.281. The van der Waals surface area contributed by atoms with Gasteiger partial charge in [0.2, 0.25) is 11.9 Å². The van der Waals surface area contributed by atoms with Gasteiger partial charge in [-0.1, -0.05) is 13.8 Å². The first-order valence-electron chi connectivity index (χ1n) is 4.68. The lowest BCUT2D eigenvalue weighted by Gasteiger charge is -2.19. The molecule has 1 rings (SSSR count). The maximum Gasteiger partial charge on any atom is 0.230 e. The van der Waals surface area contributed by atoms with Gasteiger partial charge in [0, 0.05) is 13.6 Å². The van der Waals surface area contributed by atoms with Gasteiger partial charge in [-0.2, -0.15) is 15.0 Å². The van der Waals surface area contributed by atoms with Crippen molar-refractivity contribution >= 4 is 11.9 Å². The third-order valence-corrected chi connectivity index (χ3v) is 1.73. The van der Waals surface area contributed by atoms with Crippen LogP contribution in [0, 0.1) is 12.8 Å². The normalized spacial score (nSPS) is 10.6. The van der Waals surface area contributed by atoms with Gasteiger partial charge in [-0.3, -0.25) is 0 Å². The van der Waals surface area contributed by atoms with Crippen LogP contribution in [0.2, 0.25) is 0 Å². The molecule has 5 nitrogen and oxygen atoms in total. The van der Waals surface area contributed by atoms with E-state index in [1.807, 2.05) is 18.9 Å². The maximum atomic E-state index is 5.54. The lowest BCUT2D eigenvalue weighted by atomic mass is 10.2. The summed E-state index contributed by atoms with van der Waals surface area (Å²) in [6.07, 6.45) is 0. The molecule has 1 aromatic heterocycles.